The molecule has 0 unspecified atom stereocenters. The van der Waals surface area contributed by atoms with E-state index >= 15 is 0 Å². The van der Waals surface area contributed by atoms with E-state index in [9.17, 15) is 23.1 Å². The number of aromatic nitrogens is 3. The fraction of sp³-hybridized carbons (Fsp3) is 0.208. The number of hydrogen-bond acceptors (Lipinski definition) is 4. The highest BCUT2D eigenvalue weighted by atomic mass is 19.4. The van der Waals surface area contributed by atoms with Gasteiger partial charge in [-0.15, -0.1) is 5.10 Å². The van der Waals surface area contributed by atoms with Gasteiger partial charge in [0.1, 0.15) is 0 Å². The average molecular weight is 469 g/mol. The molecule has 0 saturated heterocycles. The molecule has 10 heteroatoms. The quantitative estimate of drug-likeness (QED) is 0.359. The molecule has 2 aromatic carbocycles. The molecular formula is C24H22F3N5O2. The number of benzene rings is 2. The van der Waals surface area contributed by atoms with Crippen LogP contribution in [0.5, 0.6) is 0 Å². The minimum atomic E-state index is -4.51. The molecule has 34 heavy (non-hydrogen) atoms. The van der Waals surface area contributed by atoms with Gasteiger partial charge in [0.2, 0.25) is 5.95 Å². The average Bonchev–Trinajstić information content (AvgIpc) is 3.14. The van der Waals surface area contributed by atoms with Crippen molar-refractivity contribution in [3.63, 3.8) is 0 Å². The van der Waals surface area contributed by atoms with E-state index in [2.05, 4.69) is 15.4 Å². The first-order valence-electron chi connectivity index (χ1n) is 10.4. The van der Waals surface area contributed by atoms with Gasteiger partial charge in [-0.25, -0.2) is 9.31 Å². The largest absolute Gasteiger partial charge is 0.465 e. The molecule has 0 fully saturated rings. The second-order valence-corrected chi connectivity index (χ2v) is 8.66. The molecular weight excluding hydrogens is 447 g/mol. The molecule has 0 atom stereocenters. The molecule has 0 spiro atoms. The van der Waals surface area contributed by atoms with E-state index in [-0.39, 0.29) is 11.6 Å². The van der Waals surface area contributed by atoms with E-state index in [1.807, 2.05) is 26.8 Å². The topological polar surface area (TPSA) is 82.8 Å². The van der Waals surface area contributed by atoms with E-state index in [1.165, 1.54) is 27.6 Å². The first-order valence-corrected chi connectivity index (χ1v) is 10.4. The van der Waals surface area contributed by atoms with Gasteiger partial charge in [-0.1, -0.05) is 24.3 Å². The lowest BCUT2D eigenvalue weighted by atomic mass is 10.0. The highest BCUT2D eigenvalue weighted by Crippen LogP contribution is 2.35. The molecule has 2 heterocycles. The predicted molar refractivity (Wildman–Crippen MR) is 123 cm³/mol. The monoisotopic (exact) mass is 469 g/mol. The van der Waals surface area contributed by atoms with Crippen LogP contribution in [0.3, 0.4) is 0 Å². The van der Waals surface area contributed by atoms with E-state index in [0.29, 0.717) is 11.3 Å². The van der Waals surface area contributed by atoms with Crippen LogP contribution in [0, 0.1) is 0 Å². The number of halogens is 3. The lowest BCUT2D eigenvalue weighted by Gasteiger charge is -2.33. The van der Waals surface area contributed by atoms with Crippen molar-refractivity contribution in [3.05, 3.63) is 72.4 Å². The minimum absolute atomic E-state index is 0.0338. The summed E-state index contributed by atoms with van der Waals surface area (Å²) in [5, 5.41) is 16.5. The summed E-state index contributed by atoms with van der Waals surface area (Å²) in [6, 6.07) is 15.7. The molecule has 1 amide bonds. The Morgan fingerprint density at radius 1 is 0.971 bits per heavy atom. The van der Waals surface area contributed by atoms with Gasteiger partial charge < -0.3 is 10.4 Å². The molecule has 0 aliphatic carbocycles. The van der Waals surface area contributed by atoms with Crippen molar-refractivity contribution in [2.75, 3.05) is 10.2 Å². The minimum Gasteiger partial charge on any atom is -0.465 e. The summed E-state index contributed by atoms with van der Waals surface area (Å²) in [5.41, 5.74) is 1.05. The van der Waals surface area contributed by atoms with Gasteiger partial charge in [0, 0.05) is 23.0 Å². The molecule has 0 radical (unpaired) electrons. The summed E-state index contributed by atoms with van der Waals surface area (Å²) in [4.78, 5) is 17.2. The summed E-state index contributed by atoms with van der Waals surface area (Å²) >= 11 is 0. The number of amides is 1. The van der Waals surface area contributed by atoms with Gasteiger partial charge in [0.05, 0.1) is 11.3 Å². The molecule has 2 N–H and O–H groups in total. The fourth-order valence-corrected chi connectivity index (χ4v) is 3.65. The summed E-state index contributed by atoms with van der Waals surface area (Å²) in [7, 11) is 0. The third kappa shape index (κ3) is 4.66. The Kier molecular flexibility index (Phi) is 5.68. The maximum atomic E-state index is 13.3. The Bertz CT molecular complexity index is 1340. The molecule has 0 bridgehead atoms. The van der Waals surface area contributed by atoms with Gasteiger partial charge in [-0.2, -0.15) is 18.2 Å². The first-order chi connectivity index (χ1) is 15.9. The second kappa shape index (κ2) is 8.36. The Morgan fingerprint density at radius 3 is 2.24 bits per heavy atom. The smallest absolute Gasteiger partial charge is 0.418 e. The second-order valence-electron chi connectivity index (χ2n) is 8.66. The molecule has 2 aromatic heterocycles. The van der Waals surface area contributed by atoms with E-state index in [0.717, 1.165) is 17.2 Å². The van der Waals surface area contributed by atoms with Crippen molar-refractivity contribution < 1.29 is 23.1 Å². The van der Waals surface area contributed by atoms with Crippen LogP contribution in [0.2, 0.25) is 0 Å². The van der Waals surface area contributed by atoms with Gasteiger partial charge in [0.15, 0.2) is 5.65 Å². The summed E-state index contributed by atoms with van der Waals surface area (Å²) < 4.78 is 41.3. The van der Waals surface area contributed by atoms with Gasteiger partial charge >= 0.3 is 12.3 Å². The number of fused-ring (bicyclic) bond motifs is 1. The van der Waals surface area contributed by atoms with E-state index in [1.54, 1.807) is 36.5 Å². The van der Waals surface area contributed by atoms with Crippen LogP contribution < -0.4 is 10.2 Å². The maximum Gasteiger partial charge on any atom is 0.418 e. The summed E-state index contributed by atoms with van der Waals surface area (Å²) in [6.45, 7) is 5.44. The zero-order valence-corrected chi connectivity index (χ0v) is 18.6. The number of pyridine rings is 1. The molecule has 7 nitrogen and oxygen atoms in total. The number of anilines is 3. The number of hydrogen-bond donors (Lipinski definition) is 2. The normalized spacial score (nSPS) is 12.1. The third-order valence-corrected chi connectivity index (χ3v) is 5.13. The van der Waals surface area contributed by atoms with Crippen molar-refractivity contribution in [1.82, 2.24) is 14.6 Å². The van der Waals surface area contributed by atoms with E-state index in [4.69, 9.17) is 0 Å². The van der Waals surface area contributed by atoms with Crippen molar-refractivity contribution in [3.8, 4) is 11.1 Å². The summed E-state index contributed by atoms with van der Waals surface area (Å²) in [5.74, 6) is 0.0338. The SMILES string of the molecule is CC(C)(C)N(C(=O)O)c1ccc(-c2ccc3nc(Nc4ccccc4C(F)(F)F)nn3c2)cc1. The zero-order valence-electron chi connectivity index (χ0n) is 18.6. The number of nitrogens with one attached hydrogen (secondary N) is 1. The van der Waals surface area contributed by atoms with Crippen LogP contribution in [-0.4, -0.2) is 31.3 Å². The lowest BCUT2D eigenvalue weighted by molar-refractivity contribution is -0.136. The number of rotatable bonds is 4. The first kappa shape index (κ1) is 23.1. The van der Waals surface area contributed by atoms with Gasteiger partial charge in [-0.3, -0.25) is 4.90 Å². The Balaban J connectivity index is 1.62. The van der Waals surface area contributed by atoms with Crippen LogP contribution in [0.15, 0.2) is 66.9 Å². The Hall–Kier alpha value is -4.08. The molecule has 0 aliphatic heterocycles. The Morgan fingerprint density at radius 2 is 1.62 bits per heavy atom. The lowest BCUT2D eigenvalue weighted by Crippen LogP contribution is -2.45. The van der Waals surface area contributed by atoms with E-state index < -0.39 is 23.4 Å². The number of nitrogens with zero attached hydrogens (tertiary/aromatic N) is 4. The zero-order chi connectivity index (χ0) is 24.7. The van der Waals surface area contributed by atoms with Crippen molar-refractivity contribution in [1.29, 1.82) is 0 Å². The van der Waals surface area contributed by atoms with Crippen molar-refractivity contribution >= 4 is 29.1 Å². The van der Waals surface area contributed by atoms with Crippen molar-refractivity contribution in [2.24, 2.45) is 0 Å². The van der Waals surface area contributed by atoms with Crippen LogP contribution in [0.1, 0.15) is 26.3 Å². The standard InChI is InChI=1S/C24H22F3N5O2/c1-23(2,3)32(22(33)34)17-11-8-15(9-12-17)16-10-13-20-29-21(30-31(20)14-16)28-19-7-5-4-6-18(19)24(25,26)27/h4-14H,1-3H3,(H,28,30)(H,33,34). The number of carboxylic acid groups (broad SMARTS) is 1. The molecule has 0 aliphatic rings. The molecule has 4 aromatic rings. The van der Waals surface area contributed by atoms with Crippen LogP contribution in [-0.2, 0) is 6.18 Å². The molecule has 4 rings (SSSR count). The highest BCUT2D eigenvalue weighted by molar-refractivity contribution is 5.88. The number of para-hydroxylation sites is 1. The van der Waals surface area contributed by atoms with Gasteiger partial charge in [0.25, 0.3) is 0 Å². The third-order valence-electron chi connectivity index (χ3n) is 5.13. The fourth-order valence-electron chi connectivity index (χ4n) is 3.65. The highest BCUT2D eigenvalue weighted by Gasteiger charge is 2.33. The number of alkyl halides is 3. The molecule has 0 saturated carbocycles. The van der Waals surface area contributed by atoms with Crippen LogP contribution in [0.4, 0.5) is 35.3 Å². The van der Waals surface area contributed by atoms with Crippen molar-refractivity contribution in [2.45, 2.75) is 32.5 Å². The maximum absolute atomic E-state index is 13.3. The molecule has 176 valence electrons. The summed E-state index contributed by atoms with van der Waals surface area (Å²) in [6.07, 6.45) is -3.85. The number of carbonyl (C=O) groups is 1. The van der Waals surface area contributed by atoms with Gasteiger partial charge in [-0.05, 0) is 62.7 Å². The van der Waals surface area contributed by atoms with Crippen LogP contribution in [0.25, 0.3) is 16.8 Å². The van der Waals surface area contributed by atoms with Crippen LogP contribution >= 0.6 is 0 Å². The predicted octanol–water partition coefficient (Wildman–Crippen LogP) is 6.44. The Labute approximate surface area is 193 Å².